The topological polar surface area (TPSA) is 108 Å². The molecule has 0 radical (unpaired) electrons. The summed E-state index contributed by atoms with van der Waals surface area (Å²) in [5.41, 5.74) is 0. The average Bonchev–Trinajstić information content (AvgIpc) is 2.37. The lowest BCUT2D eigenvalue weighted by atomic mass is 10.3. The molecule has 0 unspecified atom stereocenters. The van der Waals surface area contributed by atoms with Gasteiger partial charge in [0.05, 0.1) is 6.26 Å². The van der Waals surface area contributed by atoms with Gasteiger partial charge >= 0.3 is 11.8 Å². The summed E-state index contributed by atoms with van der Waals surface area (Å²) < 4.78 is 23.9. The van der Waals surface area contributed by atoms with Crippen LogP contribution in [0.5, 0.6) is 0 Å². The summed E-state index contributed by atoms with van der Waals surface area (Å²) in [6.45, 7) is 2.94. The quantitative estimate of drug-likeness (QED) is 0.383. The van der Waals surface area contributed by atoms with Crippen LogP contribution in [0.25, 0.3) is 0 Å². The van der Waals surface area contributed by atoms with Gasteiger partial charge in [-0.3, -0.25) is 9.59 Å². The molecule has 8 nitrogen and oxygen atoms in total. The van der Waals surface area contributed by atoms with Crippen molar-refractivity contribution in [2.24, 2.45) is 0 Å². The van der Waals surface area contributed by atoms with Gasteiger partial charge in [0.15, 0.2) is 0 Å². The first-order valence-electron chi connectivity index (χ1n) is 6.12. The van der Waals surface area contributed by atoms with Crippen LogP contribution in [0, 0.1) is 0 Å². The van der Waals surface area contributed by atoms with Crippen LogP contribution in [-0.2, 0) is 19.6 Å². The van der Waals surface area contributed by atoms with Gasteiger partial charge in [-0.2, -0.15) is 0 Å². The molecule has 0 atom stereocenters. The smallest absolute Gasteiger partial charge is 0.311 e. The second-order valence-electron chi connectivity index (χ2n) is 4.32. The van der Waals surface area contributed by atoms with Crippen molar-refractivity contribution >= 4 is 21.8 Å². The van der Waals surface area contributed by atoms with Crippen molar-refractivity contribution in [1.82, 2.24) is 20.3 Å². The standard InChI is InChI=1S/C10H20N4O4S/c1-19(17,18)13-4-2-3-12-9(15)10(16)14-7-5-11-6-8-14/h11,13H,2-8H2,1H3,(H,12,15). The number of nitrogens with zero attached hydrogens (tertiary/aromatic N) is 1. The molecular formula is C10H20N4O4S. The van der Waals surface area contributed by atoms with Crippen molar-refractivity contribution in [2.75, 3.05) is 45.5 Å². The molecule has 1 aliphatic rings. The van der Waals surface area contributed by atoms with Crippen molar-refractivity contribution in [3.8, 4) is 0 Å². The van der Waals surface area contributed by atoms with E-state index < -0.39 is 21.8 Å². The highest BCUT2D eigenvalue weighted by Gasteiger charge is 2.22. The van der Waals surface area contributed by atoms with Gasteiger partial charge in [0, 0.05) is 39.3 Å². The number of hydrogen-bond acceptors (Lipinski definition) is 5. The zero-order valence-electron chi connectivity index (χ0n) is 10.9. The van der Waals surface area contributed by atoms with Gasteiger partial charge in [0.2, 0.25) is 10.0 Å². The van der Waals surface area contributed by atoms with Crippen LogP contribution in [0.2, 0.25) is 0 Å². The van der Waals surface area contributed by atoms with Gasteiger partial charge in [-0.05, 0) is 6.42 Å². The molecule has 0 bridgehead atoms. The summed E-state index contributed by atoms with van der Waals surface area (Å²) in [5.74, 6) is -1.17. The van der Waals surface area contributed by atoms with Crippen molar-refractivity contribution in [1.29, 1.82) is 0 Å². The first-order chi connectivity index (χ1) is 8.90. The third-order valence-electron chi connectivity index (χ3n) is 2.60. The van der Waals surface area contributed by atoms with Crippen LogP contribution in [0.1, 0.15) is 6.42 Å². The molecular weight excluding hydrogens is 272 g/mol. The Labute approximate surface area is 113 Å². The van der Waals surface area contributed by atoms with Crippen LogP contribution in [0.15, 0.2) is 0 Å². The Morgan fingerprint density at radius 1 is 1.21 bits per heavy atom. The van der Waals surface area contributed by atoms with Crippen LogP contribution in [0.4, 0.5) is 0 Å². The minimum atomic E-state index is -3.20. The highest BCUT2D eigenvalue weighted by atomic mass is 32.2. The SMILES string of the molecule is CS(=O)(=O)NCCCNC(=O)C(=O)N1CCNCC1. The zero-order valence-corrected chi connectivity index (χ0v) is 11.8. The third kappa shape index (κ3) is 6.50. The molecule has 110 valence electrons. The minimum absolute atomic E-state index is 0.237. The summed E-state index contributed by atoms with van der Waals surface area (Å²) >= 11 is 0. The largest absolute Gasteiger partial charge is 0.348 e. The van der Waals surface area contributed by atoms with Gasteiger partial charge in [-0.15, -0.1) is 0 Å². The highest BCUT2D eigenvalue weighted by molar-refractivity contribution is 7.88. The zero-order chi connectivity index (χ0) is 14.3. The molecule has 3 N–H and O–H groups in total. The maximum Gasteiger partial charge on any atom is 0.311 e. The van der Waals surface area contributed by atoms with Gasteiger partial charge < -0.3 is 15.5 Å². The monoisotopic (exact) mass is 292 g/mol. The molecule has 2 amide bonds. The van der Waals surface area contributed by atoms with E-state index in [1.165, 1.54) is 4.90 Å². The Bertz CT molecular complexity index is 417. The summed E-state index contributed by atoms with van der Waals surface area (Å²) in [6.07, 6.45) is 1.51. The first kappa shape index (κ1) is 15.9. The normalized spacial score (nSPS) is 16.2. The maximum atomic E-state index is 11.7. The van der Waals surface area contributed by atoms with Crippen molar-refractivity contribution in [3.05, 3.63) is 0 Å². The Kier molecular flexibility index (Phi) is 6.19. The fourth-order valence-electron chi connectivity index (χ4n) is 1.64. The second-order valence-corrected chi connectivity index (χ2v) is 6.15. The van der Waals surface area contributed by atoms with Crippen LogP contribution < -0.4 is 15.4 Å². The number of nitrogens with one attached hydrogen (secondary N) is 3. The van der Waals surface area contributed by atoms with E-state index in [0.29, 0.717) is 32.6 Å². The molecule has 19 heavy (non-hydrogen) atoms. The average molecular weight is 292 g/mol. The third-order valence-corrected chi connectivity index (χ3v) is 3.33. The van der Waals surface area contributed by atoms with Crippen LogP contribution in [-0.4, -0.2) is 70.7 Å². The van der Waals surface area contributed by atoms with E-state index in [4.69, 9.17) is 0 Å². The number of hydrogen-bond donors (Lipinski definition) is 3. The molecule has 1 saturated heterocycles. The number of piperazine rings is 1. The predicted octanol–water partition coefficient (Wildman–Crippen LogP) is -2.53. The number of carbonyl (C=O) groups excluding carboxylic acids is 2. The van der Waals surface area contributed by atoms with Crippen molar-refractivity contribution < 1.29 is 18.0 Å². The molecule has 9 heteroatoms. The van der Waals surface area contributed by atoms with Gasteiger partial charge in [-0.25, -0.2) is 13.1 Å². The molecule has 0 spiro atoms. The summed E-state index contributed by atoms with van der Waals surface area (Å²) in [7, 11) is -3.20. The maximum absolute atomic E-state index is 11.7. The highest BCUT2D eigenvalue weighted by Crippen LogP contribution is 1.93. The first-order valence-corrected chi connectivity index (χ1v) is 8.02. The number of amides is 2. The van der Waals surface area contributed by atoms with E-state index in [1.807, 2.05) is 0 Å². The molecule has 0 aromatic rings. The molecule has 0 aromatic carbocycles. The minimum Gasteiger partial charge on any atom is -0.348 e. The second kappa shape index (κ2) is 7.41. The Morgan fingerprint density at radius 2 is 1.84 bits per heavy atom. The molecule has 0 aliphatic carbocycles. The van der Waals surface area contributed by atoms with Gasteiger partial charge in [0.25, 0.3) is 0 Å². The van der Waals surface area contributed by atoms with E-state index in [1.54, 1.807) is 0 Å². The van der Waals surface area contributed by atoms with E-state index in [-0.39, 0.29) is 13.1 Å². The summed E-state index contributed by atoms with van der Waals surface area (Å²) in [6, 6.07) is 0. The lowest BCUT2D eigenvalue weighted by Gasteiger charge is -2.26. The molecule has 0 saturated carbocycles. The number of sulfonamides is 1. The Morgan fingerprint density at radius 3 is 2.42 bits per heavy atom. The predicted molar refractivity (Wildman–Crippen MR) is 69.9 cm³/mol. The van der Waals surface area contributed by atoms with E-state index >= 15 is 0 Å². The van der Waals surface area contributed by atoms with Crippen LogP contribution >= 0.6 is 0 Å². The Hall–Kier alpha value is -1.19. The fourth-order valence-corrected chi connectivity index (χ4v) is 2.15. The molecule has 1 rings (SSSR count). The van der Waals surface area contributed by atoms with Gasteiger partial charge in [-0.1, -0.05) is 0 Å². The molecule has 1 aliphatic heterocycles. The lowest BCUT2D eigenvalue weighted by Crippen LogP contribution is -2.51. The van der Waals surface area contributed by atoms with Gasteiger partial charge in [0.1, 0.15) is 0 Å². The van der Waals surface area contributed by atoms with E-state index in [9.17, 15) is 18.0 Å². The number of carbonyl (C=O) groups is 2. The van der Waals surface area contributed by atoms with Crippen molar-refractivity contribution in [3.63, 3.8) is 0 Å². The summed E-state index contributed by atoms with van der Waals surface area (Å²) in [5, 5.41) is 5.57. The lowest BCUT2D eigenvalue weighted by molar-refractivity contribution is -0.146. The Balaban J connectivity index is 2.18. The van der Waals surface area contributed by atoms with Crippen molar-refractivity contribution in [2.45, 2.75) is 6.42 Å². The molecule has 1 fully saturated rings. The van der Waals surface area contributed by atoms with E-state index in [2.05, 4.69) is 15.4 Å². The number of rotatable bonds is 5. The fraction of sp³-hybridized carbons (Fsp3) is 0.800. The van der Waals surface area contributed by atoms with E-state index in [0.717, 1.165) is 6.26 Å². The molecule has 1 heterocycles. The summed E-state index contributed by atoms with van der Waals surface area (Å²) in [4.78, 5) is 24.7. The van der Waals surface area contributed by atoms with Crippen LogP contribution in [0.3, 0.4) is 0 Å². The molecule has 0 aromatic heterocycles.